The standard InChI is InChI=1S/C16H19N7O4/c1-25-13-4-2-12(3-5-13)23-15-14(20-21-23)10-18-16(19-15)22(27-11-24)7-9-26-8-6-17/h2-5,10-11H,6-9,17H2,1H3. The first-order valence-corrected chi connectivity index (χ1v) is 8.15. The highest BCUT2D eigenvalue weighted by Gasteiger charge is 2.16. The molecule has 142 valence electrons. The van der Waals surface area contributed by atoms with E-state index in [0.29, 0.717) is 37.4 Å². The molecule has 0 radical (unpaired) electrons. The highest BCUT2D eigenvalue weighted by atomic mass is 16.7. The number of methoxy groups -OCH3 is 1. The minimum absolute atomic E-state index is 0.183. The van der Waals surface area contributed by atoms with E-state index in [1.54, 1.807) is 11.8 Å². The number of carbonyl (C=O) groups is 1. The Kier molecular flexibility index (Phi) is 6.07. The zero-order chi connectivity index (χ0) is 19.1. The number of carbonyl (C=O) groups excluding carboxylic acids is 1. The minimum atomic E-state index is 0.183. The Hall–Kier alpha value is -3.31. The number of hydroxylamine groups is 1. The first-order valence-electron chi connectivity index (χ1n) is 8.15. The lowest BCUT2D eigenvalue weighted by Gasteiger charge is -2.18. The Morgan fingerprint density at radius 2 is 2.07 bits per heavy atom. The third-order valence-electron chi connectivity index (χ3n) is 3.59. The number of rotatable bonds is 10. The predicted octanol–water partition coefficient (Wildman–Crippen LogP) is 0.0888. The average Bonchev–Trinajstić information content (AvgIpc) is 3.13. The topological polar surface area (TPSA) is 131 Å². The summed E-state index contributed by atoms with van der Waals surface area (Å²) in [7, 11) is 1.60. The van der Waals surface area contributed by atoms with Crippen molar-refractivity contribution in [3.63, 3.8) is 0 Å². The minimum Gasteiger partial charge on any atom is -0.497 e. The normalized spacial score (nSPS) is 10.7. The zero-order valence-corrected chi connectivity index (χ0v) is 14.7. The first kappa shape index (κ1) is 18.5. The van der Waals surface area contributed by atoms with Crippen molar-refractivity contribution < 1.29 is 19.1 Å². The third-order valence-corrected chi connectivity index (χ3v) is 3.59. The Morgan fingerprint density at radius 1 is 1.26 bits per heavy atom. The molecule has 2 N–H and O–H groups in total. The number of nitrogens with two attached hydrogens (primary N) is 1. The molecule has 0 fully saturated rings. The van der Waals surface area contributed by atoms with Gasteiger partial charge in [0.1, 0.15) is 5.75 Å². The molecule has 0 amide bonds. The molecule has 3 aromatic rings. The SMILES string of the molecule is COc1ccc(-n2nnc3cnc(N(CCOCCN)OC=O)nc32)cc1. The quantitative estimate of drug-likeness (QED) is 0.296. The fourth-order valence-corrected chi connectivity index (χ4v) is 2.32. The molecule has 0 aliphatic carbocycles. The van der Waals surface area contributed by atoms with Crippen LogP contribution in [0.4, 0.5) is 5.95 Å². The number of aromatic nitrogens is 5. The van der Waals surface area contributed by atoms with Crippen molar-refractivity contribution in [2.45, 2.75) is 0 Å². The molecule has 27 heavy (non-hydrogen) atoms. The van der Waals surface area contributed by atoms with Crippen LogP contribution in [0.3, 0.4) is 0 Å². The first-order chi connectivity index (χ1) is 13.3. The Labute approximate surface area is 154 Å². The molecule has 0 saturated heterocycles. The van der Waals surface area contributed by atoms with Crippen LogP contribution in [0, 0.1) is 0 Å². The summed E-state index contributed by atoms with van der Waals surface area (Å²) in [5, 5.41) is 9.40. The van der Waals surface area contributed by atoms with Crippen molar-refractivity contribution in [3.05, 3.63) is 30.5 Å². The summed E-state index contributed by atoms with van der Waals surface area (Å²) in [6, 6.07) is 7.27. The molecule has 0 saturated carbocycles. The number of anilines is 1. The number of ether oxygens (including phenoxy) is 2. The average molecular weight is 373 g/mol. The van der Waals surface area contributed by atoms with Gasteiger partial charge in [-0.25, -0.2) is 4.98 Å². The summed E-state index contributed by atoms with van der Waals surface area (Å²) < 4.78 is 12.0. The molecular formula is C16H19N7O4. The molecule has 2 aromatic heterocycles. The van der Waals surface area contributed by atoms with Gasteiger partial charge in [0.25, 0.3) is 5.95 Å². The van der Waals surface area contributed by atoms with Crippen molar-refractivity contribution in [2.75, 3.05) is 38.5 Å². The van der Waals surface area contributed by atoms with Crippen molar-refractivity contribution in [2.24, 2.45) is 5.73 Å². The molecular weight excluding hydrogens is 354 g/mol. The van der Waals surface area contributed by atoms with E-state index in [9.17, 15) is 4.79 Å². The number of hydrogen-bond donors (Lipinski definition) is 1. The Bertz CT molecular complexity index is 884. The molecule has 2 heterocycles. The van der Waals surface area contributed by atoms with E-state index >= 15 is 0 Å². The molecule has 11 nitrogen and oxygen atoms in total. The summed E-state index contributed by atoms with van der Waals surface area (Å²) >= 11 is 0. The van der Waals surface area contributed by atoms with Crippen LogP contribution in [0.25, 0.3) is 16.9 Å². The second-order valence-electron chi connectivity index (χ2n) is 5.28. The molecule has 3 rings (SSSR count). The zero-order valence-electron chi connectivity index (χ0n) is 14.7. The smallest absolute Gasteiger partial charge is 0.320 e. The summed E-state index contributed by atoms with van der Waals surface area (Å²) in [6.07, 6.45) is 1.51. The highest BCUT2D eigenvalue weighted by molar-refractivity contribution is 5.72. The van der Waals surface area contributed by atoms with Gasteiger partial charge in [-0.1, -0.05) is 5.21 Å². The van der Waals surface area contributed by atoms with Gasteiger partial charge >= 0.3 is 6.47 Å². The Morgan fingerprint density at radius 3 is 2.78 bits per heavy atom. The van der Waals surface area contributed by atoms with Crippen LogP contribution in [0.5, 0.6) is 5.75 Å². The van der Waals surface area contributed by atoms with Gasteiger partial charge in [-0.15, -0.1) is 5.10 Å². The van der Waals surface area contributed by atoms with E-state index in [0.717, 1.165) is 11.4 Å². The number of hydrogen-bond acceptors (Lipinski definition) is 10. The van der Waals surface area contributed by atoms with Gasteiger partial charge in [-0.05, 0) is 24.3 Å². The van der Waals surface area contributed by atoms with Crippen LogP contribution in [0.15, 0.2) is 30.5 Å². The predicted molar refractivity (Wildman–Crippen MR) is 95.4 cm³/mol. The van der Waals surface area contributed by atoms with Crippen LogP contribution in [-0.4, -0.2) is 64.8 Å². The molecule has 0 aliphatic heterocycles. The van der Waals surface area contributed by atoms with Gasteiger partial charge in [-0.2, -0.15) is 14.7 Å². The van der Waals surface area contributed by atoms with Crippen LogP contribution in [0.1, 0.15) is 0 Å². The van der Waals surface area contributed by atoms with Gasteiger partial charge in [0.15, 0.2) is 11.2 Å². The van der Waals surface area contributed by atoms with Gasteiger partial charge in [0, 0.05) is 6.54 Å². The molecule has 11 heteroatoms. The van der Waals surface area contributed by atoms with Gasteiger partial charge < -0.3 is 20.0 Å². The van der Waals surface area contributed by atoms with Crippen molar-refractivity contribution in [3.8, 4) is 11.4 Å². The molecule has 0 aliphatic rings. The molecule has 0 spiro atoms. The number of benzene rings is 1. The van der Waals surface area contributed by atoms with E-state index in [1.807, 2.05) is 24.3 Å². The molecule has 1 aromatic carbocycles. The third kappa shape index (κ3) is 4.27. The molecule has 0 bridgehead atoms. The lowest BCUT2D eigenvalue weighted by Crippen LogP contribution is -2.29. The van der Waals surface area contributed by atoms with Crippen LogP contribution >= 0.6 is 0 Å². The van der Waals surface area contributed by atoms with Crippen LogP contribution < -0.4 is 15.5 Å². The monoisotopic (exact) mass is 373 g/mol. The molecule has 0 atom stereocenters. The lowest BCUT2D eigenvalue weighted by atomic mass is 10.3. The van der Waals surface area contributed by atoms with Crippen molar-refractivity contribution >= 4 is 23.6 Å². The van der Waals surface area contributed by atoms with Crippen molar-refractivity contribution in [1.29, 1.82) is 0 Å². The largest absolute Gasteiger partial charge is 0.497 e. The lowest BCUT2D eigenvalue weighted by molar-refractivity contribution is -0.130. The summed E-state index contributed by atoms with van der Waals surface area (Å²) in [5.74, 6) is 0.907. The van der Waals surface area contributed by atoms with Gasteiger partial charge in [0.05, 0.1) is 38.8 Å². The van der Waals surface area contributed by atoms with Gasteiger partial charge in [-0.3, -0.25) is 4.79 Å². The maximum Gasteiger partial charge on any atom is 0.320 e. The van der Waals surface area contributed by atoms with E-state index in [4.69, 9.17) is 20.0 Å². The maximum atomic E-state index is 10.8. The summed E-state index contributed by atoms with van der Waals surface area (Å²) in [6.45, 7) is 1.65. The summed E-state index contributed by atoms with van der Waals surface area (Å²) in [5.41, 5.74) is 7.09. The molecule has 0 unspecified atom stereocenters. The van der Waals surface area contributed by atoms with Crippen LogP contribution in [0.2, 0.25) is 0 Å². The fourth-order valence-electron chi connectivity index (χ4n) is 2.32. The van der Waals surface area contributed by atoms with E-state index in [2.05, 4.69) is 20.3 Å². The summed E-state index contributed by atoms with van der Waals surface area (Å²) in [4.78, 5) is 24.4. The number of fused-ring (bicyclic) bond motifs is 1. The number of nitrogens with zero attached hydrogens (tertiary/aromatic N) is 6. The second-order valence-corrected chi connectivity index (χ2v) is 5.28. The van der Waals surface area contributed by atoms with E-state index < -0.39 is 0 Å². The van der Waals surface area contributed by atoms with Crippen molar-refractivity contribution in [1.82, 2.24) is 25.0 Å². The van der Waals surface area contributed by atoms with Gasteiger partial charge in [0.2, 0.25) is 0 Å². The maximum absolute atomic E-state index is 10.8. The van der Waals surface area contributed by atoms with E-state index in [1.165, 1.54) is 11.3 Å². The Balaban J connectivity index is 1.88. The highest BCUT2D eigenvalue weighted by Crippen LogP contribution is 2.19. The van der Waals surface area contributed by atoms with Crippen LogP contribution in [-0.2, 0) is 14.4 Å². The van der Waals surface area contributed by atoms with E-state index in [-0.39, 0.29) is 12.5 Å². The second kappa shape index (κ2) is 8.87. The fraction of sp³-hybridized carbons (Fsp3) is 0.312.